The van der Waals surface area contributed by atoms with Gasteiger partial charge in [0.1, 0.15) is 5.69 Å². The van der Waals surface area contributed by atoms with E-state index in [9.17, 15) is 18.0 Å². The topological polar surface area (TPSA) is 45.2 Å². The Morgan fingerprint density at radius 3 is 2.55 bits per heavy atom. The predicted molar refractivity (Wildman–Crippen MR) is 76.7 cm³/mol. The van der Waals surface area contributed by atoms with E-state index in [1.54, 1.807) is 4.90 Å². The zero-order valence-electron chi connectivity index (χ0n) is 12.0. The van der Waals surface area contributed by atoms with Crippen LogP contribution in [-0.4, -0.2) is 42.0 Å². The first kappa shape index (κ1) is 15.7. The number of nitrogens with one attached hydrogen (secondary N) is 1. The van der Waals surface area contributed by atoms with Crippen LogP contribution in [0.15, 0.2) is 5.38 Å². The fraction of sp³-hybridized carbons (Fsp3) is 0.714. The van der Waals surface area contributed by atoms with Crippen LogP contribution in [0.4, 0.5) is 13.2 Å². The van der Waals surface area contributed by atoms with Gasteiger partial charge in [-0.1, -0.05) is 0 Å². The van der Waals surface area contributed by atoms with Crippen molar-refractivity contribution in [1.29, 1.82) is 0 Å². The van der Waals surface area contributed by atoms with Crippen LogP contribution >= 0.6 is 11.3 Å². The normalized spacial score (nSPS) is 24.0. The van der Waals surface area contributed by atoms with Gasteiger partial charge in [0.15, 0.2) is 5.01 Å². The zero-order chi connectivity index (χ0) is 15.7. The number of piperidine rings is 1. The van der Waals surface area contributed by atoms with Crippen LogP contribution in [0.3, 0.4) is 0 Å². The molecule has 0 spiro atoms. The van der Waals surface area contributed by atoms with Gasteiger partial charge in [-0.3, -0.25) is 4.79 Å². The van der Waals surface area contributed by atoms with Crippen molar-refractivity contribution in [3.8, 4) is 0 Å². The molecule has 0 radical (unpaired) electrons. The highest BCUT2D eigenvalue weighted by Crippen LogP contribution is 2.33. The van der Waals surface area contributed by atoms with Crippen LogP contribution in [0.5, 0.6) is 0 Å². The lowest BCUT2D eigenvalue weighted by Crippen LogP contribution is -2.40. The zero-order valence-corrected chi connectivity index (χ0v) is 12.8. The summed E-state index contributed by atoms with van der Waals surface area (Å²) in [5.74, 6) is 0.906. The van der Waals surface area contributed by atoms with Crippen molar-refractivity contribution < 1.29 is 18.0 Å². The van der Waals surface area contributed by atoms with E-state index in [1.165, 1.54) is 11.8 Å². The largest absolute Gasteiger partial charge is 0.443 e. The summed E-state index contributed by atoms with van der Waals surface area (Å²) in [5, 5.41) is 3.60. The minimum absolute atomic E-state index is 0.0849. The summed E-state index contributed by atoms with van der Waals surface area (Å²) in [7, 11) is 0. The van der Waals surface area contributed by atoms with E-state index >= 15 is 0 Å². The SMILES string of the molecule is O=C(c1csc(C(F)(F)F)n1)N1CCC(C2CCNC2)CC1. The van der Waals surface area contributed by atoms with Gasteiger partial charge in [-0.25, -0.2) is 4.98 Å². The van der Waals surface area contributed by atoms with E-state index in [-0.39, 0.29) is 11.6 Å². The second-order valence-electron chi connectivity index (χ2n) is 5.92. The maximum Gasteiger partial charge on any atom is 0.443 e. The van der Waals surface area contributed by atoms with Crippen molar-refractivity contribution in [1.82, 2.24) is 15.2 Å². The van der Waals surface area contributed by atoms with Crippen molar-refractivity contribution in [2.45, 2.75) is 25.4 Å². The number of aromatic nitrogens is 1. The molecule has 4 nitrogen and oxygen atoms in total. The lowest BCUT2D eigenvalue weighted by atomic mass is 9.84. The molecule has 0 bridgehead atoms. The summed E-state index contributed by atoms with van der Waals surface area (Å²) in [4.78, 5) is 17.3. The molecule has 0 aromatic carbocycles. The number of carbonyl (C=O) groups excluding carboxylic acids is 1. The molecular formula is C14H18F3N3OS. The second kappa shape index (κ2) is 6.16. The van der Waals surface area contributed by atoms with Gasteiger partial charge < -0.3 is 10.2 Å². The van der Waals surface area contributed by atoms with E-state index in [0.717, 1.165) is 25.9 Å². The van der Waals surface area contributed by atoms with Gasteiger partial charge in [0, 0.05) is 18.5 Å². The number of halogens is 3. The second-order valence-corrected chi connectivity index (χ2v) is 6.78. The number of rotatable bonds is 2. The standard InChI is InChI=1S/C14H18F3N3OS/c15-14(16,17)13-19-11(8-22-13)12(21)20-5-2-9(3-6-20)10-1-4-18-7-10/h8-10,18H,1-7H2. The predicted octanol–water partition coefficient (Wildman–Crippen LogP) is 2.62. The molecule has 1 aromatic heterocycles. The number of hydrogen-bond acceptors (Lipinski definition) is 4. The molecular weight excluding hydrogens is 315 g/mol. The molecule has 2 fully saturated rings. The van der Waals surface area contributed by atoms with Crippen molar-refractivity contribution in [2.24, 2.45) is 11.8 Å². The highest BCUT2D eigenvalue weighted by Gasteiger charge is 2.36. The molecule has 0 aliphatic carbocycles. The lowest BCUT2D eigenvalue weighted by molar-refractivity contribution is -0.137. The van der Waals surface area contributed by atoms with Gasteiger partial charge in [-0.05, 0) is 44.2 Å². The maximum atomic E-state index is 12.5. The molecule has 122 valence electrons. The molecule has 3 heterocycles. The summed E-state index contributed by atoms with van der Waals surface area (Å²) in [6.45, 7) is 3.32. The minimum Gasteiger partial charge on any atom is -0.337 e. The van der Waals surface area contributed by atoms with Gasteiger partial charge in [0.05, 0.1) is 0 Å². The molecule has 22 heavy (non-hydrogen) atoms. The van der Waals surface area contributed by atoms with Crippen molar-refractivity contribution in [3.05, 3.63) is 16.1 Å². The molecule has 2 saturated heterocycles. The van der Waals surface area contributed by atoms with Gasteiger partial charge in [0.25, 0.3) is 5.91 Å². The Morgan fingerprint density at radius 1 is 1.27 bits per heavy atom. The third-order valence-corrected chi connectivity index (χ3v) is 5.44. The molecule has 1 N–H and O–H groups in total. The highest BCUT2D eigenvalue weighted by atomic mass is 32.1. The number of likely N-dealkylation sites (tertiary alicyclic amines) is 1. The van der Waals surface area contributed by atoms with Crippen LogP contribution in [0.2, 0.25) is 0 Å². The molecule has 0 saturated carbocycles. The number of nitrogens with zero attached hydrogens (tertiary/aromatic N) is 2. The van der Waals surface area contributed by atoms with Crippen molar-refractivity contribution in [2.75, 3.05) is 26.2 Å². The Morgan fingerprint density at radius 2 is 2.00 bits per heavy atom. The Balaban J connectivity index is 1.58. The number of hydrogen-bond donors (Lipinski definition) is 1. The van der Waals surface area contributed by atoms with Crippen molar-refractivity contribution in [3.63, 3.8) is 0 Å². The molecule has 3 rings (SSSR count). The quantitative estimate of drug-likeness (QED) is 0.905. The molecule has 2 aliphatic rings. The Labute approximate surface area is 130 Å². The number of thiazole rings is 1. The number of alkyl halides is 3. The van der Waals surface area contributed by atoms with Gasteiger partial charge in [-0.15, -0.1) is 11.3 Å². The third kappa shape index (κ3) is 3.27. The average Bonchev–Trinajstić information content (AvgIpc) is 3.17. The van der Waals surface area contributed by atoms with Crippen LogP contribution in [0, 0.1) is 11.8 Å². The fourth-order valence-corrected chi connectivity index (χ4v) is 3.98. The Hall–Kier alpha value is -1.15. The van der Waals surface area contributed by atoms with E-state index in [2.05, 4.69) is 10.3 Å². The Kier molecular flexibility index (Phi) is 4.40. The van der Waals surface area contributed by atoms with E-state index in [0.29, 0.717) is 36.3 Å². The summed E-state index contributed by atoms with van der Waals surface area (Å²) >= 11 is 0.478. The third-order valence-electron chi connectivity index (χ3n) is 4.56. The van der Waals surface area contributed by atoms with Crippen LogP contribution in [-0.2, 0) is 6.18 Å². The van der Waals surface area contributed by atoms with E-state index in [4.69, 9.17) is 0 Å². The Bertz CT molecular complexity index is 532. The fourth-order valence-electron chi connectivity index (χ4n) is 3.32. The molecule has 1 amide bonds. The smallest absolute Gasteiger partial charge is 0.337 e. The van der Waals surface area contributed by atoms with Gasteiger partial charge in [-0.2, -0.15) is 13.2 Å². The first-order valence-electron chi connectivity index (χ1n) is 7.48. The average molecular weight is 333 g/mol. The molecule has 1 unspecified atom stereocenters. The van der Waals surface area contributed by atoms with E-state index < -0.39 is 11.2 Å². The monoisotopic (exact) mass is 333 g/mol. The van der Waals surface area contributed by atoms with Crippen LogP contribution in [0.1, 0.15) is 34.8 Å². The van der Waals surface area contributed by atoms with Crippen LogP contribution < -0.4 is 5.32 Å². The molecule has 8 heteroatoms. The highest BCUT2D eigenvalue weighted by molar-refractivity contribution is 7.09. The molecule has 2 aliphatic heterocycles. The van der Waals surface area contributed by atoms with E-state index in [1.807, 2.05) is 0 Å². The van der Waals surface area contributed by atoms with Crippen LogP contribution in [0.25, 0.3) is 0 Å². The summed E-state index contributed by atoms with van der Waals surface area (Å²) in [6, 6.07) is 0. The molecule has 1 aromatic rings. The minimum atomic E-state index is -4.48. The van der Waals surface area contributed by atoms with Gasteiger partial charge >= 0.3 is 6.18 Å². The van der Waals surface area contributed by atoms with Gasteiger partial charge in [0.2, 0.25) is 0 Å². The summed E-state index contributed by atoms with van der Waals surface area (Å²) in [6.07, 6.45) is -1.45. The summed E-state index contributed by atoms with van der Waals surface area (Å²) in [5.41, 5.74) is -0.0849. The first-order chi connectivity index (χ1) is 10.4. The molecule has 1 atom stereocenters. The lowest BCUT2D eigenvalue weighted by Gasteiger charge is -2.34. The van der Waals surface area contributed by atoms with Crippen molar-refractivity contribution >= 4 is 17.2 Å². The number of carbonyl (C=O) groups is 1. The maximum absolute atomic E-state index is 12.5. The first-order valence-corrected chi connectivity index (χ1v) is 8.36. The number of amides is 1. The summed E-state index contributed by atoms with van der Waals surface area (Å²) < 4.78 is 37.6.